The van der Waals surface area contributed by atoms with Crippen LogP contribution < -0.4 is 24.4 Å². The first kappa shape index (κ1) is 17.8. The second kappa shape index (κ2) is 7.90. The van der Waals surface area contributed by atoms with Gasteiger partial charge in [-0.2, -0.15) is 0 Å². The van der Waals surface area contributed by atoms with Crippen LogP contribution in [-0.2, 0) is 0 Å². The van der Waals surface area contributed by atoms with Crippen LogP contribution in [0.25, 0.3) is 0 Å². The number of rotatable bonds is 6. The summed E-state index contributed by atoms with van der Waals surface area (Å²) >= 11 is 0. The summed E-state index contributed by atoms with van der Waals surface area (Å²) < 4.78 is 15.9. The summed E-state index contributed by atoms with van der Waals surface area (Å²) in [7, 11) is 4.57. The summed E-state index contributed by atoms with van der Waals surface area (Å²) in [5, 5.41) is 2.80. The van der Waals surface area contributed by atoms with Crippen LogP contribution in [-0.4, -0.2) is 50.3 Å². The molecule has 1 amide bonds. The zero-order chi connectivity index (χ0) is 18.5. The molecule has 138 valence electrons. The zero-order valence-corrected chi connectivity index (χ0v) is 15.1. The lowest BCUT2D eigenvalue weighted by Crippen LogP contribution is -2.21. The molecule has 8 nitrogen and oxygen atoms in total. The molecule has 1 N–H and O–H groups in total. The summed E-state index contributed by atoms with van der Waals surface area (Å²) in [5.41, 5.74) is 0.898. The first-order chi connectivity index (χ1) is 12.7. The van der Waals surface area contributed by atoms with Gasteiger partial charge < -0.3 is 24.4 Å². The van der Waals surface area contributed by atoms with E-state index in [-0.39, 0.29) is 5.91 Å². The van der Waals surface area contributed by atoms with Crippen molar-refractivity contribution in [3.8, 4) is 17.2 Å². The van der Waals surface area contributed by atoms with Crippen LogP contribution in [0, 0.1) is 0 Å². The highest BCUT2D eigenvalue weighted by molar-refractivity contribution is 6.04. The number of benzene rings is 1. The Morgan fingerprint density at radius 3 is 2.08 bits per heavy atom. The first-order valence-electron chi connectivity index (χ1n) is 8.34. The van der Waals surface area contributed by atoms with Crippen molar-refractivity contribution in [2.24, 2.45) is 0 Å². The average molecular weight is 358 g/mol. The van der Waals surface area contributed by atoms with E-state index < -0.39 is 0 Å². The van der Waals surface area contributed by atoms with Crippen LogP contribution >= 0.6 is 0 Å². The van der Waals surface area contributed by atoms with Gasteiger partial charge in [0.1, 0.15) is 0 Å². The lowest BCUT2D eigenvalue weighted by molar-refractivity contribution is 0.102. The van der Waals surface area contributed by atoms with Gasteiger partial charge >= 0.3 is 0 Å². The molecule has 1 aliphatic heterocycles. The molecule has 0 aliphatic carbocycles. The summed E-state index contributed by atoms with van der Waals surface area (Å²) in [4.78, 5) is 23.2. The summed E-state index contributed by atoms with van der Waals surface area (Å²) in [5.74, 6) is 1.73. The maximum Gasteiger partial charge on any atom is 0.258 e. The minimum absolute atomic E-state index is 0.313. The largest absolute Gasteiger partial charge is 0.493 e. The molecule has 0 atom stereocenters. The van der Waals surface area contributed by atoms with Gasteiger partial charge in [-0.15, -0.1) is 0 Å². The van der Waals surface area contributed by atoms with E-state index in [0.29, 0.717) is 34.4 Å². The van der Waals surface area contributed by atoms with E-state index in [0.717, 1.165) is 25.9 Å². The number of carbonyl (C=O) groups is 1. The van der Waals surface area contributed by atoms with Crippen LogP contribution in [0.2, 0.25) is 0 Å². The number of amides is 1. The molecule has 26 heavy (non-hydrogen) atoms. The predicted octanol–water partition coefficient (Wildman–Crippen LogP) is 2.35. The van der Waals surface area contributed by atoms with Crippen molar-refractivity contribution in [3.63, 3.8) is 0 Å². The maximum absolute atomic E-state index is 12.5. The van der Waals surface area contributed by atoms with Crippen molar-refractivity contribution in [2.75, 3.05) is 44.6 Å². The van der Waals surface area contributed by atoms with Crippen molar-refractivity contribution >= 4 is 17.5 Å². The number of methoxy groups -OCH3 is 3. The monoisotopic (exact) mass is 358 g/mol. The number of hydrogen-bond acceptors (Lipinski definition) is 7. The molecule has 1 saturated heterocycles. The number of carbonyl (C=O) groups excluding carboxylic acids is 1. The first-order valence-corrected chi connectivity index (χ1v) is 8.34. The number of hydrogen-bond donors (Lipinski definition) is 1. The van der Waals surface area contributed by atoms with Gasteiger partial charge in [0.25, 0.3) is 5.91 Å². The van der Waals surface area contributed by atoms with E-state index in [9.17, 15) is 4.79 Å². The lowest BCUT2D eigenvalue weighted by Gasteiger charge is -2.15. The van der Waals surface area contributed by atoms with E-state index in [1.54, 1.807) is 12.1 Å². The molecule has 0 saturated carbocycles. The third kappa shape index (κ3) is 3.63. The van der Waals surface area contributed by atoms with Crippen molar-refractivity contribution in [2.45, 2.75) is 12.8 Å². The Bertz CT molecular complexity index is 748. The molecule has 0 spiro atoms. The molecule has 0 unspecified atom stereocenters. The Kier molecular flexibility index (Phi) is 5.40. The normalized spacial score (nSPS) is 13.4. The number of anilines is 2. The third-order valence-corrected chi connectivity index (χ3v) is 4.21. The lowest BCUT2D eigenvalue weighted by atomic mass is 10.2. The van der Waals surface area contributed by atoms with Gasteiger partial charge in [-0.3, -0.25) is 4.79 Å². The van der Waals surface area contributed by atoms with Gasteiger partial charge in [-0.05, 0) is 12.8 Å². The minimum atomic E-state index is -0.313. The Balaban J connectivity index is 1.77. The molecule has 1 fully saturated rings. The molecule has 0 radical (unpaired) electrons. The molecular formula is C18H22N4O4. The topological polar surface area (TPSA) is 85.8 Å². The zero-order valence-electron chi connectivity index (χ0n) is 15.1. The fourth-order valence-electron chi connectivity index (χ4n) is 2.88. The van der Waals surface area contributed by atoms with Gasteiger partial charge in [0, 0.05) is 43.3 Å². The molecule has 2 aromatic rings. The maximum atomic E-state index is 12.5. The molecule has 1 aromatic carbocycles. The molecular weight excluding hydrogens is 336 g/mol. The van der Waals surface area contributed by atoms with E-state index in [4.69, 9.17) is 14.2 Å². The van der Waals surface area contributed by atoms with E-state index >= 15 is 0 Å². The summed E-state index contributed by atoms with van der Waals surface area (Å²) in [6, 6.07) is 3.33. The molecule has 1 aliphatic rings. The van der Waals surface area contributed by atoms with Gasteiger partial charge in [-0.1, -0.05) is 0 Å². The van der Waals surface area contributed by atoms with E-state index in [1.165, 1.54) is 33.7 Å². The standard InChI is InChI=1S/C18H22N4O4/c1-24-14-8-13(9-15(25-2)16(14)26-3)21-17(23)12-10-19-18(20-11-12)22-6-4-5-7-22/h8-11H,4-7H2,1-3H3,(H,21,23). The van der Waals surface area contributed by atoms with Gasteiger partial charge in [0.2, 0.25) is 11.7 Å². The molecule has 0 bridgehead atoms. The quantitative estimate of drug-likeness (QED) is 0.848. The van der Waals surface area contributed by atoms with Crippen molar-refractivity contribution < 1.29 is 19.0 Å². The van der Waals surface area contributed by atoms with Crippen LogP contribution in [0.15, 0.2) is 24.5 Å². The van der Waals surface area contributed by atoms with Crippen molar-refractivity contribution in [1.82, 2.24) is 9.97 Å². The van der Waals surface area contributed by atoms with Gasteiger partial charge in [-0.25, -0.2) is 9.97 Å². The summed E-state index contributed by atoms with van der Waals surface area (Å²) in [6.45, 7) is 1.91. The Morgan fingerprint density at radius 2 is 1.58 bits per heavy atom. The smallest absolute Gasteiger partial charge is 0.258 e. The van der Waals surface area contributed by atoms with E-state index in [1.807, 2.05) is 0 Å². The van der Waals surface area contributed by atoms with E-state index in [2.05, 4.69) is 20.2 Å². The van der Waals surface area contributed by atoms with Crippen LogP contribution in [0.5, 0.6) is 17.2 Å². The van der Waals surface area contributed by atoms with Gasteiger partial charge in [0.05, 0.1) is 26.9 Å². The SMILES string of the molecule is COc1cc(NC(=O)c2cnc(N3CCCC3)nc2)cc(OC)c1OC. The highest BCUT2D eigenvalue weighted by atomic mass is 16.5. The Morgan fingerprint density at radius 1 is 1.00 bits per heavy atom. The minimum Gasteiger partial charge on any atom is -0.493 e. The number of nitrogens with zero attached hydrogens (tertiary/aromatic N) is 3. The Labute approximate surface area is 152 Å². The third-order valence-electron chi connectivity index (χ3n) is 4.21. The van der Waals surface area contributed by atoms with Crippen molar-refractivity contribution in [1.29, 1.82) is 0 Å². The van der Waals surface area contributed by atoms with Crippen LogP contribution in [0.1, 0.15) is 23.2 Å². The predicted molar refractivity (Wildman–Crippen MR) is 97.5 cm³/mol. The Hall–Kier alpha value is -3.03. The number of nitrogens with one attached hydrogen (secondary N) is 1. The fraction of sp³-hybridized carbons (Fsp3) is 0.389. The second-order valence-electron chi connectivity index (χ2n) is 5.83. The molecule has 8 heteroatoms. The van der Waals surface area contributed by atoms with Crippen LogP contribution in [0.3, 0.4) is 0 Å². The molecule has 1 aromatic heterocycles. The summed E-state index contributed by atoms with van der Waals surface area (Å²) in [6.07, 6.45) is 5.36. The molecule has 2 heterocycles. The van der Waals surface area contributed by atoms with Gasteiger partial charge in [0.15, 0.2) is 11.5 Å². The van der Waals surface area contributed by atoms with Crippen LogP contribution in [0.4, 0.5) is 11.6 Å². The highest BCUT2D eigenvalue weighted by Gasteiger charge is 2.17. The average Bonchev–Trinajstić information content (AvgIpc) is 3.22. The molecule has 3 rings (SSSR count). The number of ether oxygens (including phenoxy) is 3. The second-order valence-corrected chi connectivity index (χ2v) is 5.83. The fourth-order valence-corrected chi connectivity index (χ4v) is 2.88. The number of aromatic nitrogens is 2. The highest BCUT2D eigenvalue weighted by Crippen LogP contribution is 2.40. The van der Waals surface area contributed by atoms with Crippen molar-refractivity contribution in [3.05, 3.63) is 30.1 Å².